The number of nitrogens with zero attached hydrogens (tertiary/aromatic N) is 1. The Morgan fingerprint density at radius 2 is 2.11 bits per heavy atom. The molecule has 1 N–H and O–H groups in total. The second-order valence-corrected chi connectivity index (χ2v) is 4.82. The highest BCUT2D eigenvalue weighted by Gasteiger charge is 2.24. The molecule has 0 radical (unpaired) electrons. The largest absolute Gasteiger partial charge is 0.290 e. The zero-order valence-electron chi connectivity index (χ0n) is 9.21. The number of aromatic nitrogens is 1. The van der Waals surface area contributed by atoms with Gasteiger partial charge in [0.25, 0.3) is 11.1 Å². The van der Waals surface area contributed by atoms with Crippen LogP contribution < -0.4 is 5.32 Å². The zero-order chi connectivity index (χ0) is 12.5. The molecule has 3 rings (SSSR count). The second kappa shape index (κ2) is 4.27. The number of fused-ring (bicyclic) bond motifs is 1. The van der Waals surface area contributed by atoms with Gasteiger partial charge in [-0.05, 0) is 35.5 Å². The Morgan fingerprint density at radius 1 is 1.22 bits per heavy atom. The molecule has 1 aromatic carbocycles. The minimum absolute atomic E-state index is 0.329. The van der Waals surface area contributed by atoms with Crippen LogP contribution in [0.4, 0.5) is 4.79 Å². The third-order valence-electron chi connectivity index (χ3n) is 2.57. The maximum Gasteiger partial charge on any atom is 0.290 e. The molecule has 1 fully saturated rings. The summed E-state index contributed by atoms with van der Waals surface area (Å²) in [4.78, 5) is 27.1. The van der Waals surface area contributed by atoms with Crippen LogP contribution in [-0.2, 0) is 4.79 Å². The van der Waals surface area contributed by atoms with Gasteiger partial charge in [0.15, 0.2) is 0 Å². The first-order valence-electron chi connectivity index (χ1n) is 5.32. The second-order valence-electron chi connectivity index (χ2n) is 3.81. The number of hydrogen-bond acceptors (Lipinski definition) is 4. The Hall–Kier alpha value is -2.14. The molecule has 0 bridgehead atoms. The molecule has 0 spiro atoms. The van der Waals surface area contributed by atoms with Crippen LogP contribution in [0, 0.1) is 0 Å². The summed E-state index contributed by atoms with van der Waals surface area (Å²) >= 11 is 0.915. The van der Waals surface area contributed by atoms with Gasteiger partial charge in [0, 0.05) is 11.6 Å². The molecule has 0 saturated carbocycles. The maximum atomic E-state index is 11.4. The third kappa shape index (κ3) is 2.00. The van der Waals surface area contributed by atoms with E-state index in [1.807, 2.05) is 30.3 Å². The molecule has 1 aliphatic rings. The summed E-state index contributed by atoms with van der Waals surface area (Å²) in [5, 5.41) is 2.94. The third-order valence-corrected chi connectivity index (χ3v) is 3.38. The van der Waals surface area contributed by atoms with Crippen molar-refractivity contribution in [1.29, 1.82) is 0 Å². The van der Waals surface area contributed by atoms with Gasteiger partial charge < -0.3 is 0 Å². The lowest BCUT2D eigenvalue weighted by atomic mass is 10.1. The van der Waals surface area contributed by atoms with E-state index in [1.165, 1.54) is 0 Å². The fraction of sp³-hybridized carbons (Fsp3) is 0. The van der Waals surface area contributed by atoms with Gasteiger partial charge in [-0.3, -0.25) is 19.9 Å². The van der Waals surface area contributed by atoms with Crippen molar-refractivity contribution in [2.45, 2.75) is 0 Å². The normalized spacial score (nSPS) is 17.4. The lowest BCUT2D eigenvalue weighted by molar-refractivity contribution is -0.115. The Labute approximate surface area is 107 Å². The smallest absolute Gasteiger partial charge is 0.282 e. The quantitative estimate of drug-likeness (QED) is 0.797. The highest BCUT2D eigenvalue weighted by molar-refractivity contribution is 8.18. The number of pyridine rings is 1. The van der Waals surface area contributed by atoms with Crippen molar-refractivity contribution >= 4 is 39.9 Å². The van der Waals surface area contributed by atoms with Gasteiger partial charge in [-0.1, -0.05) is 18.2 Å². The molecule has 0 atom stereocenters. The molecule has 1 aromatic heterocycles. The number of imide groups is 1. The van der Waals surface area contributed by atoms with Crippen LogP contribution in [0.25, 0.3) is 17.0 Å². The van der Waals surface area contributed by atoms with Crippen LogP contribution in [0.3, 0.4) is 0 Å². The summed E-state index contributed by atoms with van der Waals surface area (Å²) in [6.07, 6.45) is 3.42. The molecule has 18 heavy (non-hydrogen) atoms. The van der Waals surface area contributed by atoms with Gasteiger partial charge in [0.1, 0.15) is 0 Å². The van der Waals surface area contributed by atoms with E-state index >= 15 is 0 Å². The average Bonchev–Trinajstić information content (AvgIpc) is 2.68. The monoisotopic (exact) mass is 256 g/mol. The molecule has 2 heterocycles. The van der Waals surface area contributed by atoms with E-state index in [9.17, 15) is 9.59 Å². The molecular formula is C13H8N2O2S. The first kappa shape index (κ1) is 11.0. The van der Waals surface area contributed by atoms with E-state index in [0.29, 0.717) is 4.91 Å². The van der Waals surface area contributed by atoms with Gasteiger partial charge in [-0.25, -0.2) is 0 Å². The van der Waals surface area contributed by atoms with E-state index in [1.54, 1.807) is 12.3 Å². The summed E-state index contributed by atoms with van der Waals surface area (Å²) in [6, 6.07) is 9.57. The number of carbonyl (C=O) groups excluding carboxylic acids is 2. The fourth-order valence-corrected chi connectivity index (χ4v) is 2.43. The van der Waals surface area contributed by atoms with Gasteiger partial charge in [0.2, 0.25) is 0 Å². The standard InChI is InChI=1S/C13H8N2O2S/c16-12-11(18-13(17)15-12)7-8-3-4-9-2-1-5-14-10(9)6-8/h1-7H,(H,15,16,17)/b11-7-. The molecule has 1 saturated heterocycles. The number of benzene rings is 1. The van der Waals surface area contributed by atoms with Crippen molar-refractivity contribution < 1.29 is 9.59 Å². The molecule has 2 aromatic rings. The molecule has 5 heteroatoms. The van der Waals surface area contributed by atoms with E-state index in [4.69, 9.17) is 0 Å². The van der Waals surface area contributed by atoms with Gasteiger partial charge >= 0.3 is 0 Å². The predicted octanol–water partition coefficient (Wildman–Crippen LogP) is 2.56. The summed E-state index contributed by atoms with van der Waals surface area (Å²) in [7, 11) is 0. The van der Waals surface area contributed by atoms with Crippen molar-refractivity contribution in [2.75, 3.05) is 0 Å². The SMILES string of the molecule is O=C1NC(=O)/C(=C/c2ccc3cccnc3c2)S1. The van der Waals surface area contributed by atoms with Crippen LogP contribution in [0.5, 0.6) is 0 Å². The molecule has 0 aliphatic carbocycles. The van der Waals surface area contributed by atoms with Crippen molar-refractivity contribution in [3.05, 3.63) is 47.0 Å². The Kier molecular flexibility index (Phi) is 2.60. The number of hydrogen-bond donors (Lipinski definition) is 1. The summed E-state index contributed by atoms with van der Waals surface area (Å²) < 4.78 is 0. The number of carbonyl (C=O) groups is 2. The number of rotatable bonds is 1. The van der Waals surface area contributed by atoms with Crippen LogP contribution in [0.15, 0.2) is 41.4 Å². The van der Waals surface area contributed by atoms with E-state index in [-0.39, 0.29) is 11.1 Å². The molecule has 1 aliphatic heterocycles. The highest BCUT2D eigenvalue weighted by Crippen LogP contribution is 2.26. The lowest BCUT2D eigenvalue weighted by Crippen LogP contribution is -2.17. The van der Waals surface area contributed by atoms with Crippen molar-refractivity contribution in [2.24, 2.45) is 0 Å². The number of nitrogens with one attached hydrogen (secondary N) is 1. The van der Waals surface area contributed by atoms with Crippen LogP contribution >= 0.6 is 11.8 Å². The van der Waals surface area contributed by atoms with Gasteiger partial charge in [0.05, 0.1) is 10.4 Å². The summed E-state index contributed by atoms with van der Waals surface area (Å²) in [5.41, 5.74) is 1.72. The molecule has 88 valence electrons. The van der Waals surface area contributed by atoms with Crippen LogP contribution in [-0.4, -0.2) is 16.1 Å². The molecule has 4 nitrogen and oxygen atoms in total. The van der Waals surface area contributed by atoms with E-state index < -0.39 is 0 Å². The minimum atomic E-state index is -0.342. The average molecular weight is 256 g/mol. The highest BCUT2D eigenvalue weighted by atomic mass is 32.2. The first-order valence-corrected chi connectivity index (χ1v) is 6.14. The fourth-order valence-electron chi connectivity index (χ4n) is 1.75. The van der Waals surface area contributed by atoms with E-state index in [0.717, 1.165) is 28.2 Å². The summed E-state index contributed by atoms with van der Waals surface area (Å²) in [6.45, 7) is 0. The van der Waals surface area contributed by atoms with Crippen LogP contribution in [0.1, 0.15) is 5.56 Å². The summed E-state index contributed by atoms with van der Waals surface area (Å²) in [5.74, 6) is -0.342. The van der Waals surface area contributed by atoms with Crippen molar-refractivity contribution in [3.63, 3.8) is 0 Å². The number of thioether (sulfide) groups is 1. The van der Waals surface area contributed by atoms with Gasteiger partial charge in [-0.2, -0.15) is 0 Å². The number of amides is 2. The Morgan fingerprint density at radius 3 is 2.89 bits per heavy atom. The van der Waals surface area contributed by atoms with E-state index in [2.05, 4.69) is 10.3 Å². The zero-order valence-corrected chi connectivity index (χ0v) is 10.0. The lowest BCUT2D eigenvalue weighted by Gasteiger charge is -1.99. The van der Waals surface area contributed by atoms with Crippen LogP contribution in [0.2, 0.25) is 0 Å². The van der Waals surface area contributed by atoms with Crippen molar-refractivity contribution in [3.8, 4) is 0 Å². The Bertz CT molecular complexity index is 694. The predicted molar refractivity (Wildman–Crippen MR) is 70.8 cm³/mol. The first-order chi connectivity index (χ1) is 8.72. The minimum Gasteiger partial charge on any atom is -0.282 e. The van der Waals surface area contributed by atoms with Gasteiger partial charge in [-0.15, -0.1) is 0 Å². The molecular weight excluding hydrogens is 248 g/mol. The van der Waals surface area contributed by atoms with Crippen molar-refractivity contribution in [1.82, 2.24) is 10.3 Å². The molecule has 2 amide bonds. The topological polar surface area (TPSA) is 59.1 Å². The maximum absolute atomic E-state index is 11.4. The Balaban J connectivity index is 2.02. The molecule has 0 unspecified atom stereocenters.